The molecule has 3 heteroatoms. The molecule has 3 nitrogen and oxygen atoms in total. The lowest BCUT2D eigenvalue weighted by molar-refractivity contribution is 0.0543. The van der Waals surface area contributed by atoms with Crippen LogP contribution in [-0.2, 0) is 4.74 Å². The van der Waals surface area contributed by atoms with Crippen molar-refractivity contribution in [1.29, 1.82) is 0 Å². The maximum Gasteiger partial charge on any atom is 0.514 e. The third-order valence-electron chi connectivity index (χ3n) is 2.47. The van der Waals surface area contributed by atoms with Crippen molar-refractivity contribution in [2.24, 2.45) is 0 Å². The van der Waals surface area contributed by atoms with Crippen LogP contribution in [0.3, 0.4) is 0 Å². The van der Waals surface area contributed by atoms with Crippen molar-refractivity contribution in [3.05, 3.63) is 29.8 Å². The molecule has 1 saturated carbocycles. The molecule has 0 radical (unpaired) electrons. The summed E-state index contributed by atoms with van der Waals surface area (Å²) in [6, 6.07) is 7.33. The van der Waals surface area contributed by atoms with E-state index in [1.54, 1.807) is 12.1 Å². The van der Waals surface area contributed by atoms with Gasteiger partial charge in [0.15, 0.2) is 0 Å². The van der Waals surface area contributed by atoms with E-state index in [1.165, 1.54) is 0 Å². The molecule has 0 spiro atoms. The van der Waals surface area contributed by atoms with Crippen LogP contribution in [0.1, 0.15) is 25.3 Å². The molecule has 2 rings (SSSR count). The molecule has 0 saturated heterocycles. The van der Waals surface area contributed by atoms with E-state index in [1.807, 2.05) is 26.0 Å². The highest BCUT2D eigenvalue weighted by Gasteiger charge is 2.42. The van der Waals surface area contributed by atoms with Gasteiger partial charge in [-0.1, -0.05) is 12.1 Å². The lowest BCUT2D eigenvalue weighted by Gasteiger charge is -2.10. The lowest BCUT2D eigenvalue weighted by Crippen LogP contribution is -2.19. The Kier molecular flexibility index (Phi) is 2.39. The van der Waals surface area contributed by atoms with Gasteiger partial charge in [0.25, 0.3) is 0 Å². The van der Waals surface area contributed by atoms with Crippen LogP contribution < -0.4 is 4.74 Å². The standard InChI is InChI=1S/C12H14O3/c1-9-4-3-5-10(8-9)14-11(13)15-12(2)6-7-12/h3-5,8H,6-7H2,1-2H3. The summed E-state index contributed by atoms with van der Waals surface area (Å²) >= 11 is 0. The van der Waals surface area contributed by atoms with Crippen LogP contribution in [0.5, 0.6) is 5.75 Å². The monoisotopic (exact) mass is 206 g/mol. The fourth-order valence-corrected chi connectivity index (χ4v) is 1.28. The molecule has 0 amide bonds. The Morgan fingerprint density at radius 1 is 1.40 bits per heavy atom. The highest BCUT2D eigenvalue weighted by molar-refractivity contribution is 5.64. The molecule has 1 aromatic carbocycles. The van der Waals surface area contributed by atoms with E-state index in [4.69, 9.17) is 9.47 Å². The molecule has 0 bridgehead atoms. The van der Waals surface area contributed by atoms with Crippen LogP contribution in [0.4, 0.5) is 4.79 Å². The molecule has 0 atom stereocenters. The maximum absolute atomic E-state index is 11.3. The number of hydrogen-bond donors (Lipinski definition) is 0. The molecule has 0 unspecified atom stereocenters. The highest BCUT2D eigenvalue weighted by Crippen LogP contribution is 2.39. The first-order valence-corrected chi connectivity index (χ1v) is 5.05. The van der Waals surface area contributed by atoms with Gasteiger partial charge >= 0.3 is 6.16 Å². The summed E-state index contributed by atoms with van der Waals surface area (Å²) < 4.78 is 10.2. The zero-order chi connectivity index (χ0) is 10.9. The van der Waals surface area contributed by atoms with E-state index in [9.17, 15) is 4.79 Å². The predicted molar refractivity (Wildman–Crippen MR) is 55.9 cm³/mol. The van der Waals surface area contributed by atoms with E-state index in [2.05, 4.69) is 0 Å². The normalized spacial score (nSPS) is 16.9. The fraction of sp³-hybridized carbons (Fsp3) is 0.417. The van der Waals surface area contributed by atoms with E-state index < -0.39 is 6.16 Å². The van der Waals surface area contributed by atoms with Crippen molar-refractivity contribution in [2.45, 2.75) is 32.3 Å². The van der Waals surface area contributed by atoms with Crippen molar-refractivity contribution in [1.82, 2.24) is 0 Å². The second-order valence-corrected chi connectivity index (χ2v) is 4.22. The first-order chi connectivity index (χ1) is 7.07. The van der Waals surface area contributed by atoms with Gasteiger partial charge in [-0.3, -0.25) is 0 Å². The van der Waals surface area contributed by atoms with Crippen LogP contribution >= 0.6 is 0 Å². The molecule has 80 valence electrons. The second kappa shape index (κ2) is 3.57. The maximum atomic E-state index is 11.3. The minimum absolute atomic E-state index is 0.277. The Hall–Kier alpha value is -1.51. The number of carbonyl (C=O) groups excluding carboxylic acids is 1. The van der Waals surface area contributed by atoms with Crippen molar-refractivity contribution in [2.75, 3.05) is 0 Å². The highest BCUT2D eigenvalue weighted by atomic mass is 16.7. The van der Waals surface area contributed by atoms with Gasteiger partial charge in [0.2, 0.25) is 0 Å². The first kappa shape index (κ1) is 10.0. The Labute approximate surface area is 89.0 Å². The number of carbonyl (C=O) groups is 1. The second-order valence-electron chi connectivity index (χ2n) is 4.22. The summed E-state index contributed by atoms with van der Waals surface area (Å²) in [7, 11) is 0. The number of rotatable bonds is 2. The molecule has 0 aliphatic heterocycles. The molecule has 1 aliphatic carbocycles. The molecule has 1 fully saturated rings. The first-order valence-electron chi connectivity index (χ1n) is 5.05. The molecular weight excluding hydrogens is 192 g/mol. The van der Waals surface area contributed by atoms with Crippen LogP contribution in [-0.4, -0.2) is 11.8 Å². The van der Waals surface area contributed by atoms with E-state index in [0.29, 0.717) is 5.75 Å². The minimum Gasteiger partial charge on any atom is -0.428 e. The minimum atomic E-state index is -0.611. The van der Waals surface area contributed by atoms with Crippen LogP contribution in [0, 0.1) is 6.92 Å². The van der Waals surface area contributed by atoms with Crippen molar-refractivity contribution in [3.8, 4) is 5.75 Å². The van der Waals surface area contributed by atoms with Gasteiger partial charge in [-0.05, 0) is 44.4 Å². The molecule has 0 heterocycles. The third kappa shape index (κ3) is 2.72. The fourth-order valence-electron chi connectivity index (χ4n) is 1.28. The number of ether oxygens (including phenoxy) is 2. The molecular formula is C12H14O3. The van der Waals surface area contributed by atoms with Gasteiger partial charge in [0.1, 0.15) is 11.4 Å². The van der Waals surface area contributed by atoms with Crippen molar-refractivity contribution < 1.29 is 14.3 Å². The SMILES string of the molecule is Cc1cccc(OC(=O)OC2(C)CC2)c1. The Morgan fingerprint density at radius 3 is 2.73 bits per heavy atom. The van der Waals surface area contributed by atoms with Crippen molar-refractivity contribution >= 4 is 6.16 Å². The van der Waals surface area contributed by atoms with Gasteiger partial charge in [-0.25, -0.2) is 4.79 Å². The molecule has 0 N–H and O–H groups in total. The lowest BCUT2D eigenvalue weighted by atomic mass is 10.2. The zero-order valence-corrected chi connectivity index (χ0v) is 8.95. The smallest absolute Gasteiger partial charge is 0.428 e. The van der Waals surface area contributed by atoms with Gasteiger partial charge in [-0.2, -0.15) is 0 Å². The summed E-state index contributed by atoms with van der Waals surface area (Å²) in [5.41, 5.74) is 0.777. The largest absolute Gasteiger partial charge is 0.514 e. The summed E-state index contributed by atoms with van der Waals surface area (Å²) in [6.07, 6.45) is 1.24. The van der Waals surface area contributed by atoms with Crippen LogP contribution in [0.2, 0.25) is 0 Å². The average molecular weight is 206 g/mol. The zero-order valence-electron chi connectivity index (χ0n) is 8.95. The van der Waals surface area contributed by atoms with E-state index in [-0.39, 0.29) is 5.60 Å². The van der Waals surface area contributed by atoms with Gasteiger partial charge in [0, 0.05) is 0 Å². The topological polar surface area (TPSA) is 35.5 Å². The predicted octanol–water partition coefficient (Wildman–Crippen LogP) is 3.06. The molecule has 1 aromatic rings. The van der Waals surface area contributed by atoms with Crippen LogP contribution in [0.15, 0.2) is 24.3 Å². The molecule has 1 aliphatic rings. The number of benzene rings is 1. The summed E-state index contributed by atoms with van der Waals surface area (Å²) in [5, 5.41) is 0. The van der Waals surface area contributed by atoms with E-state index in [0.717, 1.165) is 18.4 Å². The van der Waals surface area contributed by atoms with Crippen molar-refractivity contribution in [3.63, 3.8) is 0 Å². The average Bonchev–Trinajstić information content (AvgIpc) is 2.82. The van der Waals surface area contributed by atoms with Gasteiger partial charge < -0.3 is 9.47 Å². The quantitative estimate of drug-likeness (QED) is 0.551. The van der Waals surface area contributed by atoms with E-state index >= 15 is 0 Å². The third-order valence-corrected chi connectivity index (χ3v) is 2.47. The Bertz CT molecular complexity index is 380. The molecule has 0 aromatic heterocycles. The Morgan fingerprint density at radius 2 is 2.13 bits per heavy atom. The Balaban J connectivity index is 1.93. The molecule has 15 heavy (non-hydrogen) atoms. The van der Waals surface area contributed by atoms with Crippen LogP contribution in [0.25, 0.3) is 0 Å². The number of aryl methyl sites for hydroxylation is 1. The summed E-state index contributed by atoms with van der Waals surface area (Å²) in [5.74, 6) is 0.532. The number of hydrogen-bond acceptors (Lipinski definition) is 3. The van der Waals surface area contributed by atoms with Gasteiger partial charge in [-0.15, -0.1) is 0 Å². The van der Waals surface area contributed by atoms with Gasteiger partial charge in [0.05, 0.1) is 0 Å². The summed E-state index contributed by atoms with van der Waals surface area (Å²) in [4.78, 5) is 11.3. The summed E-state index contributed by atoms with van der Waals surface area (Å²) in [6.45, 7) is 3.85.